The number of nitrogens with one attached hydrogen (secondary N) is 1. The zero-order chi connectivity index (χ0) is 14.7. The van der Waals surface area contributed by atoms with Gasteiger partial charge in [-0.25, -0.2) is 15.0 Å². The highest BCUT2D eigenvalue weighted by molar-refractivity contribution is 7.11. The number of imidazole rings is 1. The van der Waals surface area contributed by atoms with Crippen molar-refractivity contribution in [1.29, 1.82) is 0 Å². The SMILES string of the molecule is Cc1ncc(CNC(=O)c2ccc(-n3ccnc3)nc2)s1. The molecule has 6 nitrogen and oxygen atoms in total. The van der Waals surface area contributed by atoms with Gasteiger partial charge >= 0.3 is 0 Å². The van der Waals surface area contributed by atoms with Gasteiger partial charge < -0.3 is 5.32 Å². The van der Waals surface area contributed by atoms with Crippen molar-refractivity contribution in [1.82, 2.24) is 24.8 Å². The average molecular weight is 299 g/mol. The van der Waals surface area contributed by atoms with Gasteiger partial charge in [-0.15, -0.1) is 11.3 Å². The second-order valence-electron chi connectivity index (χ2n) is 4.40. The number of rotatable bonds is 4. The maximum absolute atomic E-state index is 12.0. The molecule has 0 fully saturated rings. The number of nitrogens with zero attached hydrogens (tertiary/aromatic N) is 4. The molecule has 0 aliphatic carbocycles. The number of carbonyl (C=O) groups is 1. The van der Waals surface area contributed by atoms with E-state index in [2.05, 4.69) is 20.3 Å². The van der Waals surface area contributed by atoms with E-state index in [1.165, 1.54) is 0 Å². The van der Waals surface area contributed by atoms with Crippen LogP contribution in [-0.2, 0) is 6.54 Å². The molecular formula is C14H13N5OS. The van der Waals surface area contributed by atoms with Crippen molar-refractivity contribution in [2.24, 2.45) is 0 Å². The number of thiazole rings is 1. The molecule has 7 heteroatoms. The molecule has 0 unspecified atom stereocenters. The van der Waals surface area contributed by atoms with Crippen LogP contribution in [0.25, 0.3) is 5.82 Å². The van der Waals surface area contributed by atoms with Crippen LogP contribution in [0, 0.1) is 6.92 Å². The van der Waals surface area contributed by atoms with Crippen LogP contribution in [0.3, 0.4) is 0 Å². The van der Waals surface area contributed by atoms with Gasteiger partial charge in [-0.1, -0.05) is 0 Å². The van der Waals surface area contributed by atoms with Gasteiger partial charge in [0, 0.05) is 29.7 Å². The third-order valence-electron chi connectivity index (χ3n) is 2.87. The van der Waals surface area contributed by atoms with Crippen molar-refractivity contribution >= 4 is 17.2 Å². The predicted octanol–water partition coefficient (Wildman–Crippen LogP) is 1.96. The van der Waals surface area contributed by atoms with Crippen molar-refractivity contribution in [3.63, 3.8) is 0 Å². The Kier molecular flexibility index (Phi) is 3.74. The van der Waals surface area contributed by atoms with Gasteiger partial charge in [-0.05, 0) is 19.1 Å². The minimum atomic E-state index is -0.147. The summed E-state index contributed by atoms with van der Waals surface area (Å²) < 4.78 is 1.78. The Bertz CT molecular complexity index is 733. The molecule has 0 spiro atoms. The van der Waals surface area contributed by atoms with E-state index in [9.17, 15) is 4.79 Å². The maximum Gasteiger partial charge on any atom is 0.253 e. The van der Waals surface area contributed by atoms with Crippen molar-refractivity contribution in [2.45, 2.75) is 13.5 Å². The number of aryl methyl sites for hydroxylation is 1. The van der Waals surface area contributed by atoms with E-state index in [1.807, 2.05) is 6.92 Å². The Morgan fingerprint density at radius 1 is 1.33 bits per heavy atom. The summed E-state index contributed by atoms with van der Waals surface area (Å²) in [6.07, 6.45) is 8.48. The van der Waals surface area contributed by atoms with Gasteiger partial charge in [0.2, 0.25) is 0 Å². The number of aromatic nitrogens is 4. The number of hydrogen-bond acceptors (Lipinski definition) is 5. The zero-order valence-electron chi connectivity index (χ0n) is 11.4. The fourth-order valence-corrected chi connectivity index (χ4v) is 2.56. The van der Waals surface area contributed by atoms with Gasteiger partial charge in [0.1, 0.15) is 12.1 Å². The van der Waals surface area contributed by atoms with Crippen LogP contribution < -0.4 is 5.32 Å². The van der Waals surface area contributed by atoms with Crippen molar-refractivity contribution in [2.75, 3.05) is 0 Å². The first-order chi connectivity index (χ1) is 10.2. The number of pyridine rings is 1. The minimum absolute atomic E-state index is 0.147. The third kappa shape index (κ3) is 3.14. The topological polar surface area (TPSA) is 72.7 Å². The number of hydrogen-bond donors (Lipinski definition) is 1. The second-order valence-corrected chi connectivity index (χ2v) is 5.72. The summed E-state index contributed by atoms with van der Waals surface area (Å²) in [5.41, 5.74) is 0.528. The first kappa shape index (κ1) is 13.4. The molecule has 0 saturated carbocycles. The summed E-state index contributed by atoms with van der Waals surface area (Å²) >= 11 is 1.57. The molecule has 0 saturated heterocycles. The van der Waals surface area contributed by atoms with Crippen molar-refractivity contribution in [3.8, 4) is 5.82 Å². The molecule has 0 atom stereocenters. The summed E-state index contributed by atoms with van der Waals surface area (Å²) in [6.45, 7) is 2.42. The molecule has 21 heavy (non-hydrogen) atoms. The van der Waals surface area contributed by atoms with E-state index in [1.54, 1.807) is 59.2 Å². The minimum Gasteiger partial charge on any atom is -0.347 e. The van der Waals surface area contributed by atoms with Crippen LogP contribution in [0.15, 0.2) is 43.2 Å². The van der Waals surface area contributed by atoms with Gasteiger partial charge in [0.25, 0.3) is 5.91 Å². The zero-order valence-corrected chi connectivity index (χ0v) is 12.2. The molecule has 3 heterocycles. The van der Waals surface area contributed by atoms with Gasteiger partial charge in [0.15, 0.2) is 0 Å². The smallest absolute Gasteiger partial charge is 0.253 e. The highest BCUT2D eigenvalue weighted by Crippen LogP contribution is 2.11. The molecule has 1 N–H and O–H groups in total. The van der Waals surface area contributed by atoms with Crippen LogP contribution in [0.4, 0.5) is 0 Å². The number of amides is 1. The molecule has 3 aromatic heterocycles. The highest BCUT2D eigenvalue weighted by atomic mass is 32.1. The molecule has 3 aromatic rings. The first-order valence-corrected chi connectivity index (χ1v) is 7.18. The molecule has 0 aromatic carbocycles. The standard InChI is InChI=1S/C14H13N5OS/c1-10-16-7-12(21-10)8-18-14(20)11-2-3-13(17-6-11)19-5-4-15-9-19/h2-7,9H,8H2,1H3,(H,18,20). The van der Waals surface area contributed by atoms with E-state index in [4.69, 9.17) is 0 Å². The van der Waals surface area contributed by atoms with E-state index in [0.29, 0.717) is 12.1 Å². The first-order valence-electron chi connectivity index (χ1n) is 6.36. The normalized spacial score (nSPS) is 10.5. The summed E-state index contributed by atoms with van der Waals surface area (Å²) in [7, 11) is 0. The summed E-state index contributed by atoms with van der Waals surface area (Å²) in [4.78, 5) is 25.4. The fourth-order valence-electron chi connectivity index (χ4n) is 1.82. The predicted molar refractivity (Wildman–Crippen MR) is 79.4 cm³/mol. The van der Waals surface area contributed by atoms with Crippen LogP contribution in [-0.4, -0.2) is 25.4 Å². The molecule has 0 aliphatic heterocycles. The van der Waals surface area contributed by atoms with Crippen LogP contribution in [0.2, 0.25) is 0 Å². The Labute approximate surface area is 125 Å². The quantitative estimate of drug-likeness (QED) is 0.799. The molecule has 1 amide bonds. The average Bonchev–Trinajstić information content (AvgIpc) is 3.16. The van der Waals surface area contributed by atoms with Crippen LogP contribution >= 0.6 is 11.3 Å². The number of carbonyl (C=O) groups excluding carboxylic acids is 1. The van der Waals surface area contributed by atoms with E-state index >= 15 is 0 Å². The third-order valence-corrected chi connectivity index (χ3v) is 3.78. The Hall–Kier alpha value is -2.54. The Morgan fingerprint density at radius 2 is 2.24 bits per heavy atom. The molecule has 0 aliphatic rings. The van der Waals surface area contributed by atoms with E-state index in [0.717, 1.165) is 15.7 Å². The van der Waals surface area contributed by atoms with Crippen LogP contribution in [0.1, 0.15) is 20.2 Å². The monoisotopic (exact) mass is 299 g/mol. The summed E-state index contributed by atoms with van der Waals surface area (Å²) in [6, 6.07) is 3.53. The lowest BCUT2D eigenvalue weighted by Gasteiger charge is -2.05. The molecule has 106 valence electrons. The Morgan fingerprint density at radius 3 is 2.86 bits per heavy atom. The van der Waals surface area contributed by atoms with E-state index in [-0.39, 0.29) is 5.91 Å². The maximum atomic E-state index is 12.0. The fraction of sp³-hybridized carbons (Fsp3) is 0.143. The van der Waals surface area contributed by atoms with Crippen molar-refractivity contribution in [3.05, 3.63) is 58.7 Å². The summed E-state index contributed by atoms with van der Waals surface area (Å²) in [5.74, 6) is 0.577. The molecular weight excluding hydrogens is 286 g/mol. The highest BCUT2D eigenvalue weighted by Gasteiger charge is 2.07. The van der Waals surface area contributed by atoms with Crippen LogP contribution in [0.5, 0.6) is 0 Å². The van der Waals surface area contributed by atoms with E-state index < -0.39 is 0 Å². The lowest BCUT2D eigenvalue weighted by Crippen LogP contribution is -2.22. The second kappa shape index (κ2) is 5.84. The molecule has 0 bridgehead atoms. The molecule has 3 rings (SSSR count). The lowest BCUT2D eigenvalue weighted by atomic mass is 10.2. The summed E-state index contributed by atoms with van der Waals surface area (Å²) in [5, 5.41) is 3.85. The largest absolute Gasteiger partial charge is 0.347 e. The lowest BCUT2D eigenvalue weighted by molar-refractivity contribution is 0.0951. The molecule has 0 radical (unpaired) electrons. The van der Waals surface area contributed by atoms with Gasteiger partial charge in [0.05, 0.1) is 17.1 Å². The van der Waals surface area contributed by atoms with Crippen molar-refractivity contribution < 1.29 is 4.79 Å². The Balaban J connectivity index is 1.65. The van der Waals surface area contributed by atoms with Gasteiger partial charge in [-0.3, -0.25) is 9.36 Å². The van der Waals surface area contributed by atoms with Gasteiger partial charge in [-0.2, -0.15) is 0 Å².